The molecule has 226 valence electrons. The largest absolute Gasteiger partial charge is 0.481 e. The van der Waals surface area contributed by atoms with E-state index in [0.29, 0.717) is 62.9 Å². The first kappa shape index (κ1) is 41.4. The molecule has 17 heteroatoms. The summed E-state index contributed by atoms with van der Waals surface area (Å²) in [4.78, 5) is 68.6. The van der Waals surface area contributed by atoms with Crippen molar-refractivity contribution in [2.24, 2.45) is 0 Å². The number of carboxylic acids is 1. The minimum Gasteiger partial charge on any atom is -0.481 e. The van der Waals surface area contributed by atoms with Gasteiger partial charge in [0.1, 0.15) is 0 Å². The van der Waals surface area contributed by atoms with E-state index in [1.807, 2.05) is 0 Å². The second kappa shape index (κ2) is 28.9. The summed E-state index contributed by atoms with van der Waals surface area (Å²) in [6.07, 6.45) is 0.552. The fourth-order valence-electron chi connectivity index (χ4n) is 2.52. The molecule has 0 aliphatic rings. The molecule has 0 fully saturated rings. The number of carboxylic acid groups (broad SMARTS) is 1. The molecule has 5 amide bonds. The van der Waals surface area contributed by atoms with Crippen molar-refractivity contribution in [2.75, 3.05) is 62.3 Å². The van der Waals surface area contributed by atoms with Gasteiger partial charge in [-0.05, 0) is 0 Å². The van der Waals surface area contributed by atoms with E-state index in [4.69, 9.17) is 9.89 Å². The summed E-state index contributed by atoms with van der Waals surface area (Å²) in [5, 5.41) is 13.7. The van der Waals surface area contributed by atoms with E-state index >= 15 is 0 Å². The summed E-state index contributed by atoms with van der Waals surface area (Å²) in [5.74, 6) is 1.52. The number of aliphatic carboxylic acids is 1. The molecule has 0 bridgehead atoms. The van der Waals surface area contributed by atoms with Gasteiger partial charge in [0.05, 0.1) is 6.42 Å². The quantitative estimate of drug-likeness (QED) is 0.0921. The Morgan fingerprint density at radius 2 is 1.10 bits per heavy atom. The average Bonchev–Trinajstić information content (AvgIpc) is 2.86. The third kappa shape index (κ3) is 32.0. The number of thioether (sulfide) groups is 2. The van der Waals surface area contributed by atoms with Crippen LogP contribution in [0.2, 0.25) is 0 Å². The van der Waals surface area contributed by atoms with Gasteiger partial charge in [0.2, 0.25) is 29.5 Å². The molecule has 0 spiro atoms. The third-order valence-electron chi connectivity index (χ3n) is 4.47. The van der Waals surface area contributed by atoms with Crippen LogP contribution in [0.25, 0.3) is 0 Å². The first-order valence-corrected chi connectivity index (χ1v) is 15.1. The zero-order valence-corrected chi connectivity index (χ0v) is 26.3. The summed E-state index contributed by atoms with van der Waals surface area (Å²) in [6, 6.07) is 0. The Labute approximate surface area is 250 Å². The van der Waals surface area contributed by atoms with Gasteiger partial charge in [0.25, 0.3) is 0 Å². The minimum absolute atomic E-state index is 0.0148. The van der Waals surface area contributed by atoms with Crippen molar-refractivity contribution in [3.05, 3.63) is 0 Å². The number of nitrogens with zero attached hydrogens (tertiary/aromatic N) is 2. The maximum atomic E-state index is 11.4. The van der Waals surface area contributed by atoms with E-state index in [1.165, 1.54) is 39.5 Å². The van der Waals surface area contributed by atoms with Gasteiger partial charge in [0, 0.05) is 109 Å². The molecule has 0 unspecified atom stereocenters. The lowest BCUT2D eigenvalue weighted by molar-refractivity contribution is -0.136. The van der Waals surface area contributed by atoms with Crippen LogP contribution in [-0.2, 0) is 41.2 Å². The summed E-state index contributed by atoms with van der Waals surface area (Å²) in [5.41, 5.74) is 0. The fraction of sp³-hybridized carbons (Fsp3) is 0.727. The van der Waals surface area contributed by atoms with Gasteiger partial charge in [-0.1, -0.05) is 12.8 Å². The van der Waals surface area contributed by atoms with E-state index in [-0.39, 0.29) is 36.0 Å². The van der Waals surface area contributed by atoms with Crippen LogP contribution < -0.4 is 15.4 Å². The maximum absolute atomic E-state index is 11.4. The van der Waals surface area contributed by atoms with Crippen LogP contribution in [-0.4, -0.2) is 113 Å². The normalized spacial score (nSPS) is 9.46. The first-order valence-electron chi connectivity index (χ1n) is 11.9. The van der Waals surface area contributed by atoms with Crippen molar-refractivity contribution in [1.82, 2.24) is 25.2 Å². The van der Waals surface area contributed by atoms with Crippen LogP contribution in [0.15, 0.2) is 0 Å². The zero-order valence-electron chi connectivity index (χ0n) is 22.9. The van der Waals surface area contributed by atoms with E-state index in [1.54, 1.807) is 21.6 Å². The van der Waals surface area contributed by atoms with E-state index < -0.39 is 5.97 Å². The standard InChI is InChI=1S/C11H21N3O3S2.C11H20N2O4S.HNS/c1-9(15)12-4-5-14(10(2)16)6-8-19-7-3-11(17)13-18;1-9(14)12-4-5-13(10(2)15)6-8-18-7-3-11(16)17;1-2/h18H,3-8H2,1-2H3,(H,12,15)(H,13,17);3-8H2,1-2H3,(H,12,14)(H,16,17);1H. The average molecular weight is 631 g/mol. The molecule has 0 radical (unpaired) electrons. The Balaban J connectivity index is -0.000000625. The van der Waals surface area contributed by atoms with Crippen molar-refractivity contribution in [1.29, 1.82) is 4.78 Å². The highest BCUT2D eigenvalue weighted by atomic mass is 32.2. The molecule has 0 atom stereocenters. The highest BCUT2D eigenvalue weighted by Crippen LogP contribution is 2.04. The van der Waals surface area contributed by atoms with Crippen LogP contribution >= 0.6 is 36.3 Å². The second-order valence-electron chi connectivity index (χ2n) is 7.63. The predicted octanol–water partition coefficient (Wildman–Crippen LogP) is 0.530. The van der Waals surface area contributed by atoms with Crippen molar-refractivity contribution >= 4 is 84.3 Å². The number of carbonyl (C=O) groups excluding carboxylic acids is 5. The lowest BCUT2D eigenvalue weighted by atomic mass is 10.4. The van der Waals surface area contributed by atoms with E-state index in [0.717, 1.165) is 5.75 Å². The molecular weight excluding hydrogens is 589 g/mol. The lowest BCUT2D eigenvalue weighted by Gasteiger charge is -2.20. The number of hydrogen-bond donors (Lipinski definition) is 6. The van der Waals surface area contributed by atoms with Gasteiger partial charge < -0.3 is 30.3 Å². The lowest BCUT2D eigenvalue weighted by Crippen LogP contribution is -2.38. The van der Waals surface area contributed by atoms with Crippen LogP contribution in [0.5, 0.6) is 0 Å². The number of nitrogens with one attached hydrogen (secondary N) is 4. The van der Waals surface area contributed by atoms with Crippen LogP contribution in [0.4, 0.5) is 0 Å². The third-order valence-corrected chi connectivity index (χ3v) is 6.65. The Morgan fingerprint density at radius 3 is 1.41 bits per heavy atom. The molecule has 13 nitrogen and oxygen atoms in total. The van der Waals surface area contributed by atoms with Crippen LogP contribution in [0.1, 0.15) is 40.5 Å². The topological polar surface area (TPSA) is 189 Å². The van der Waals surface area contributed by atoms with Crippen molar-refractivity contribution in [2.45, 2.75) is 40.5 Å². The molecule has 0 aliphatic carbocycles. The number of carbonyl (C=O) groups is 6. The Kier molecular flexibility index (Phi) is 30.6. The first-order chi connectivity index (χ1) is 18.4. The summed E-state index contributed by atoms with van der Waals surface area (Å²) in [6.45, 7) is 8.93. The number of hydrogen-bond acceptors (Lipinski definition) is 11. The molecule has 0 aromatic carbocycles. The molecule has 0 heterocycles. The smallest absolute Gasteiger partial charge is 0.304 e. The Morgan fingerprint density at radius 1 is 0.718 bits per heavy atom. The molecule has 0 aliphatic heterocycles. The van der Waals surface area contributed by atoms with Gasteiger partial charge in [-0.2, -0.15) is 23.5 Å². The molecule has 0 aromatic heterocycles. The van der Waals surface area contributed by atoms with Crippen LogP contribution in [0, 0.1) is 4.78 Å². The SMILES string of the molecule is CC(=O)NCCN(CCSCCC(=O)NS)C(C)=O.CC(=O)NCCN(CCSCCC(=O)O)C(C)=O.N=S. The molecule has 0 saturated heterocycles. The number of thiol groups is 1. The number of amides is 5. The highest BCUT2D eigenvalue weighted by Gasteiger charge is 2.09. The van der Waals surface area contributed by atoms with E-state index in [9.17, 15) is 28.8 Å². The van der Waals surface area contributed by atoms with Crippen LogP contribution in [0.3, 0.4) is 0 Å². The van der Waals surface area contributed by atoms with E-state index in [2.05, 4.69) is 40.6 Å². The van der Waals surface area contributed by atoms with Gasteiger partial charge in [0.15, 0.2) is 0 Å². The van der Waals surface area contributed by atoms with Gasteiger partial charge >= 0.3 is 5.97 Å². The van der Waals surface area contributed by atoms with Gasteiger partial charge in [-0.3, -0.25) is 28.8 Å². The Hall–Kier alpha value is -2.11. The maximum Gasteiger partial charge on any atom is 0.304 e. The fourth-order valence-corrected chi connectivity index (χ4v) is 4.39. The number of rotatable bonds is 18. The van der Waals surface area contributed by atoms with Crippen molar-refractivity contribution in [3.63, 3.8) is 0 Å². The summed E-state index contributed by atoms with van der Waals surface area (Å²) < 4.78 is 7.59. The minimum atomic E-state index is -0.809. The summed E-state index contributed by atoms with van der Waals surface area (Å²) in [7, 11) is 0. The molecular formula is C22H42N6O7S4. The van der Waals surface area contributed by atoms with Crippen molar-refractivity contribution in [3.8, 4) is 0 Å². The monoisotopic (exact) mass is 630 g/mol. The van der Waals surface area contributed by atoms with Gasteiger partial charge in [-0.15, -0.1) is 0 Å². The second-order valence-corrected chi connectivity index (χ2v) is 10.3. The molecule has 39 heavy (non-hydrogen) atoms. The van der Waals surface area contributed by atoms with Gasteiger partial charge in [-0.25, -0.2) is 4.78 Å². The zero-order chi connectivity index (χ0) is 30.6. The van der Waals surface area contributed by atoms with Crippen molar-refractivity contribution < 1.29 is 33.9 Å². The molecule has 0 saturated carbocycles. The molecule has 0 rings (SSSR count). The predicted molar refractivity (Wildman–Crippen MR) is 161 cm³/mol. The molecule has 5 N–H and O–H groups in total. The summed E-state index contributed by atoms with van der Waals surface area (Å²) >= 11 is 10.1. The Bertz CT molecular complexity index is 750. The highest BCUT2D eigenvalue weighted by molar-refractivity contribution is 7.99. The molecule has 0 aromatic rings.